The lowest BCUT2D eigenvalue weighted by molar-refractivity contribution is -0.141. The van der Waals surface area contributed by atoms with E-state index in [0.717, 1.165) is 28.5 Å². The van der Waals surface area contributed by atoms with Crippen LogP contribution in [-0.4, -0.2) is 33.8 Å². The van der Waals surface area contributed by atoms with Crippen molar-refractivity contribution in [1.29, 1.82) is 0 Å². The molecule has 156 valence electrons. The second kappa shape index (κ2) is 9.04. The smallest absolute Gasteiger partial charge is 0.325 e. The second-order valence-electron chi connectivity index (χ2n) is 6.26. The van der Waals surface area contributed by atoms with E-state index in [2.05, 4.69) is 15.0 Å². The van der Waals surface area contributed by atoms with Gasteiger partial charge in [-0.25, -0.2) is 13.8 Å². The second-order valence-corrected chi connectivity index (χ2v) is 7.57. The van der Waals surface area contributed by atoms with Gasteiger partial charge in [0, 0.05) is 11.8 Å². The van der Waals surface area contributed by atoms with Gasteiger partial charge >= 0.3 is 5.97 Å². The lowest BCUT2D eigenvalue weighted by Gasteiger charge is -2.16. The number of amides is 1. The molecule has 7 nitrogen and oxygen atoms in total. The minimum atomic E-state index is -1.09. The molecule has 1 atom stereocenters. The Balaban J connectivity index is 1.89. The summed E-state index contributed by atoms with van der Waals surface area (Å²) in [6.45, 7) is 1.19. The standard InChI is InChI=1S/C20H17F2N3O4S/c1-11(18(27)23-12-7-8-14(21)15(22)9-12)30-20-24-16-6-4-3-5-13(16)19(28)25(20)10-17(26)29-2/h3-9,11H,10H2,1-2H3,(H,23,27)/t11-/m0/s1. The van der Waals surface area contributed by atoms with Crippen molar-refractivity contribution in [2.45, 2.75) is 23.9 Å². The average molecular weight is 433 g/mol. The van der Waals surface area contributed by atoms with E-state index < -0.39 is 34.3 Å². The van der Waals surface area contributed by atoms with Gasteiger partial charge in [0.2, 0.25) is 5.91 Å². The van der Waals surface area contributed by atoms with Crippen molar-refractivity contribution in [2.24, 2.45) is 0 Å². The van der Waals surface area contributed by atoms with Gasteiger partial charge in [-0.1, -0.05) is 23.9 Å². The first kappa shape index (κ1) is 21.4. The molecular weight excluding hydrogens is 416 g/mol. The van der Waals surface area contributed by atoms with Gasteiger partial charge in [0.05, 0.1) is 23.3 Å². The number of carbonyl (C=O) groups excluding carboxylic acids is 2. The molecule has 0 spiro atoms. The Kier molecular flexibility index (Phi) is 6.46. The minimum Gasteiger partial charge on any atom is -0.468 e. The van der Waals surface area contributed by atoms with Crippen LogP contribution in [0.1, 0.15) is 6.92 Å². The number of carbonyl (C=O) groups is 2. The van der Waals surface area contributed by atoms with E-state index in [1.54, 1.807) is 31.2 Å². The Morgan fingerprint density at radius 3 is 2.63 bits per heavy atom. The fraction of sp³-hybridized carbons (Fsp3) is 0.200. The summed E-state index contributed by atoms with van der Waals surface area (Å²) in [5.74, 6) is -3.27. The van der Waals surface area contributed by atoms with E-state index in [1.165, 1.54) is 13.2 Å². The number of para-hydroxylation sites is 1. The highest BCUT2D eigenvalue weighted by Crippen LogP contribution is 2.24. The Morgan fingerprint density at radius 1 is 1.20 bits per heavy atom. The minimum absolute atomic E-state index is 0.0878. The summed E-state index contributed by atoms with van der Waals surface area (Å²) in [5.41, 5.74) is 0.0609. The molecule has 1 amide bonds. The fourth-order valence-electron chi connectivity index (χ4n) is 2.60. The number of hydrogen-bond acceptors (Lipinski definition) is 6. The maximum atomic E-state index is 13.4. The maximum absolute atomic E-state index is 13.4. The molecular formula is C20H17F2N3O4S. The highest BCUT2D eigenvalue weighted by atomic mass is 32.2. The number of esters is 1. The van der Waals surface area contributed by atoms with Gasteiger partial charge < -0.3 is 10.1 Å². The molecule has 10 heteroatoms. The van der Waals surface area contributed by atoms with Crippen molar-refractivity contribution in [1.82, 2.24) is 9.55 Å². The number of anilines is 1. The molecule has 1 N–H and O–H groups in total. The summed E-state index contributed by atoms with van der Waals surface area (Å²) in [5, 5.41) is 2.19. The predicted octanol–water partition coefficient (Wildman–Crippen LogP) is 2.97. The summed E-state index contributed by atoms with van der Waals surface area (Å²) in [6.07, 6.45) is 0. The van der Waals surface area contributed by atoms with Crippen LogP contribution in [0.3, 0.4) is 0 Å². The number of nitrogens with one attached hydrogen (secondary N) is 1. The van der Waals surface area contributed by atoms with E-state index in [1.807, 2.05) is 0 Å². The molecule has 1 aromatic heterocycles. The van der Waals surface area contributed by atoms with Crippen LogP contribution in [0.15, 0.2) is 52.4 Å². The highest BCUT2D eigenvalue weighted by Gasteiger charge is 2.21. The molecule has 3 aromatic rings. The zero-order chi connectivity index (χ0) is 21.8. The largest absolute Gasteiger partial charge is 0.468 e. The number of hydrogen-bond donors (Lipinski definition) is 1. The molecule has 0 bridgehead atoms. The third kappa shape index (κ3) is 4.65. The number of ether oxygens (including phenoxy) is 1. The predicted molar refractivity (Wildman–Crippen MR) is 108 cm³/mol. The number of fused-ring (bicyclic) bond motifs is 1. The fourth-order valence-corrected chi connectivity index (χ4v) is 3.51. The third-order valence-electron chi connectivity index (χ3n) is 4.18. The number of rotatable bonds is 6. The van der Waals surface area contributed by atoms with Crippen molar-refractivity contribution >= 4 is 40.2 Å². The van der Waals surface area contributed by atoms with Gasteiger partial charge in [-0.3, -0.25) is 19.0 Å². The number of aromatic nitrogens is 2. The maximum Gasteiger partial charge on any atom is 0.325 e. The van der Waals surface area contributed by atoms with Crippen LogP contribution in [0.2, 0.25) is 0 Å². The van der Waals surface area contributed by atoms with Crippen LogP contribution in [0.25, 0.3) is 10.9 Å². The third-order valence-corrected chi connectivity index (χ3v) is 5.27. The van der Waals surface area contributed by atoms with Crippen molar-refractivity contribution in [2.75, 3.05) is 12.4 Å². The van der Waals surface area contributed by atoms with Crippen molar-refractivity contribution < 1.29 is 23.1 Å². The lowest BCUT2D eigenvalue weighted by atomic mass is 10.2. The Morgan fingerprint density at radius 2 is 1.93 bits per heavy atom. The molecule has 0 fully saturated rings. The molecule has 0 aliphatic rings. The van der Waals surface area contributed by atoms with E-state index in [-0.39, 0.29) is 17.4 Å². The van der Waals surface area contributed by atoms with Crippen molar-refractivity contribution in [3.8, 4) is 0 Å². The molecule has 0 aliphatic carbocycles. The first-order valence-corrected chi connectivity index (χ1v) is 9.67. The first-order chi connectivity index (χ1) is 14.3. The molecule has 0 aliphatic heterocycles. The molecule has 2 aromatic carbocycles. The van der Waals surface area contributed by atoms with E-state index in [9.17, 15) is 23.2 Å². The number of nitrogens with zero attached hydrogens (tertiary/aromatic N) is 2. The molecule has 3 rings (SSSR count). The summed E-state index contributed by atoms with van der Waals surface area (Å²) >= 11 is 0.951. The van der Waals surface area contributed by atoms with Crippen LogP contribution < -0.4 is 10.9 Å². The quantitative estimate of drug-likeness (QED) is 0.365. The van der Waals surface area contributed by atoms with Crippen LogP contribution >= 0.6 is 11.8 Å². The molecule has 0 unspecified atom stereocenters. The Hall–Kier alpha value is -3.27. The van der Waals surface area contributed by atoms with Crippen LogP contribution in [-0.2, 0) is 20.9 Å². The van der Waals surface area contributed by atoms with Crippen LogP contribution in [0.5, 0.6) is 0 Å². The summed E-state index contributed by atoms with van der Waals surface area (Å²) in [7, 11) is 1.20. The monoisotopic (exact) mass is 433 g/mol. The average Bonchev–Trinajstić information content (AvgIpc) is 2.73. The molecule has 0 saturated heterocycles. The van der Waals surface area contributed by atoms with E-state index in [4.69, 9.17) is 0 Å². The highest BCUT2D eigenvalue weighted by molar-refractivity contribution is 8.00. The van der Waals surface area contributed by atoms with Gasteiger partial charge in [0.15, 0.2) is 16.8 Å². The van der Waals surface area contributed by atoms with Crippen LogP contribution in [0.4, 0.5) is 14.5 Å². The van der Waals surface area contributed by atoms with Crippen molar-refractivity contribution in [3.05, 3.63) is 64.5 Å². The zero-order valence-corrected chi connectivity index (χ0v) is 16.8. The van der Waals surface area contributed by atoms with E-state index >= 15 is 0 Å². The van der Waals surface area contributed by atoms with Gasteiger partial charge in [-0.05, 0) is 31.2 Å². The summed E-state index contributed by atoms with van der Waals surface area (Å²) < 4.78 is 32.2. The van der Waals surface area contributed by atoms with Gasteiger partial charge in [0.25, 0.3) is 5.56 Å². The van der Waals surface area contributed by atoms with Crippen LogP contribution in [0, 0.1) is 11.6 Å². The number of thioether (sulfide) groups is 1. The Bertz CT molecular complexity index is 1180. The lowest BCUT2D eigenvalue weighted by Crippen LogP contribution is -2.29. The van der Waals surface area contributed by atoms with Crippen molar-refractivity contribution in [3.63, 3.8) is 0 Å². The number of halogens is 2. The number of methoxy groups -OCH3 is 1. The summed E-state index contributed by atoms with van der Waals surface area (Å²) in [6, 6.07) is 9.63. The van der Waals surface area contributed by atoms with E-state index in [0.29, 0.717) is 10.9 Å². The molecule has 0 saturated carbocycles. The zero-order valence-electron chi connectivity index (χ0n) is 16.0. The van der Waals surface area contributed by atoms with Gasteiger partial charge in [-0.2, -0.15) is 0 Å². The molecule has 0 radical (unpaired) electrons. The molecule has 30 heavy (non-hydrogen) atoms. The topological polar surface area (TPSA) is 90.3 Å². The Labute approximate surface area is 174 Å². The van der Waals surface area contributed by atoms with Gasteiger partial charge in [-0.15, -0.1) is 0 Å². The summed E-state index contributed by atoms with van der Waals surface area (Å²) in [4.78, 5) is 41.5. The first-order valence-electron chi connectivity index (χ1n) is 8.79. The normalized spacial score (nSPS) is 11.9. The number of benzene rings is 2. The molecule has 1 heterocycles. The van der Waals surface area contributed by atoms with Gasteiger partial charge in [0.1, 0.15) is 6.54 Å². The SMILES string of the molecule is COC(=O)Cn1c(S[C@@H](C)C(=O)Nc2ccc(F)c(F)c2)nc2ccccc2c1=O.